The number of nitrogens with zero attached hydrogens (tertiary/aromatic N) is 1. The number of carboxylic acid groups (broad SMARTS) is 2. The average Bonchev–Trinajstić information content (AvgIpc) is 1.81. The Hall–Kier alpha value is -9.26. The van der Waals surface area contributed by atoms with Gasteiger partial charge in [-0.3, -0.25) is 62.3 Å². The molecule has 0 spiro atoms. The van der Waals surface area contributed by atoms with E-state index < -0.39 is 187 Å². The number of aliphatic carboxylic acids is 2. The third kappa shape index (κ3) is 31.5. The van der Waals surface area contributed by atoms with Crippen LogP contribution in [-0.2, 0) is 80.0 Å². The minimum atomic E-state index is -1.96. The first kappa shape index (κ1) is 88.1. The van der Waals surface area contributed by atoms with E-state index in [2.05, 4.69) is 61.7 Å². The molecule has 5 rings (SSSR count). The number of phenolic OH excluding ortho intramolecular Hbond substituents is 1. The number of carbonyl (C=O) groups is 14. The van der Waals surface area contributed by atoms with Crippen LogP contribution in [0.25, 0.3) is 0 Å². The number of carbonyl (C=O) groups excluding carboxylic acids is 12. The van der Waals surface area contributed by atoms with Gasteiger partial charge in [0.1, 0.15) is 71.9 Å². The molecule has 0 aromatic heterocycles. The van der Waals surface area contributed by atoms with Crippen LogP contribution in [0.4, 0.5) is 0 Å². The maximum atomic E-state index is 14.8. The molecule has 0 saturated carbocycles. The first-order valence-electron chi connectivity index (χ1n) is 37.2. The van der Waals surface area contributed by atoms with Crippen LogP contribution in [0.15, 0.2) is 48.5 Å². The average molecular weight is 1480 g/mol. The summed E-state index contributed by atoms with van der Waals surface area (Å²) >= 11 is 0. The molecule has 13 unspecified atom stereocenters. The zero-order valence-corrected chi connectivity index (χ0v) is 61.6. The summed E-state index contributed by atoms with van der Waals surface area (Å²) in [6, 6.07) is -4.43. The fourth-order valence-electron chi connectivity index (χ4n) is 12.3. The molecular weight excluding hydrogens is 1360 g/mol. The van der Waals surface area contributed by atoms with Crippen LogP contribution in [-0.4, -0.2) is 188 Å². The number of benzene rings is 2. The Morgan fingerprint density at radius 1 is 0.581 bits per heavy atom. The van der Waals surface area contributed by atoms with Crippen molar-refractivity contribution in [3.05, 3.63) is 59.7 Å². The third-order valence-electron chi connectivity index (χ3n) is 19.2. The van der Waals surface area contributed by atoms with Crippen LogP contribution < -0.4 is 64.1 Å². The number of phenols is 1. The second-order valence-electron chi connectivity index (χ2n) is 27.7. The highest BCUT2D eigenvalue weighted by molar-refractivity contribution is 5.99. The van der Waals surface area contributed by atoms with Gasteiger partial charge in [0.2, 0.25) is 65.0 Å². The van der Waals surface area contributed by atoms with Gasteiger partial charge in [0.25, 0.3) is 0 Å². The Bertz CT molecular complexity index is 3210. The molecule has 1 saturated heterocycles. The number of aliphatic hydroxyl groups is 1. The molecule has 17 N–H and O–H groups in total. The van der Waals surface area contributed by atoms with E-state index in [1.165, 1.54) is 94.0 Å². The Kier molecular flexibility index (Phi) is 39.1. The van der Waals surface area contributed by atoms with Crippen molar-refractivity contribution in [3.8, 4) is 11.5 Å². The quantitative estimate of drug-likeness (QED) is 0.0200. The largest absolute Gasteiger partial charge is 0.508 e. The lowest BCUT2D eigenvalue weighted by Gasteiger charge is -2.31. The smallest absolute Gasteiger partial charge is 0.334 e. The van der Waals surface area contributed by atoms with E-state index in [4.69, 9.17) is 16.2 Å². The number of unbranched alkanes of at least 4 members (excludes halogenated alkanes) is 9. The molecule has 13 atom stereocenters. The Labute approximate surface area is 614 Å². The number of hydrogen-bond acceptors (Lipinski definition) is 18. The van der Waals surface area contributed by atoms with Gasteiger partial charge in [0, 0.05) is 45.1 Å². The van der Waals surface area contributed by atoms with E-state index in [-0.39, 0.29) is 87.9 Å². The van der Waals surface area contributed by atoms with Gasteiger partial charge in [-0.2, -0.15) is 0 Å². The van der Waals surface area contributed by atoms with Crippen molar-refractivity contribution in [2.45, 2.75) is 281 Å². The molecule has 11 amide bonds. The third-order valence-corrected chi connectivity index (χ3v) is 19.2. The van der Waals surface area contributed by atoms with Gasteiger partial charge in [0.15, 0.2) is 0 Å². The van der Waals surface area contributed by atoms with Crippen LogP contribution in [0.5, 0.6) is 11.5 Å². The molecular formula is C74H114N12O19. The standard InChI is InChI=1S/C74H114N12O19/c1-7-44(4)22-18-16-14-12-10-11-13-15-17-19-25-60(90)77-53(35-38-61(91)92)66(96)79-52(23-20-40-75)65(95)82-57-43-48-28-32-50(33-29-48)105-74(104)63(45(5)8-2)84-69(99)56(42-47-26-30-49(88)31-27-47)83-68(98)54(34-37-59(76)89)80-71(101)58-24-21-41-86(58)73(103)51(9-3)78-67(97)55(36-39-62(93)94)81-72(102)64(46(6)87)85-70(57)100/h26-33,44-46,51-58,63-64,87-88H,7-25,34-43,75H2,1-6H3,(H2,76,89)(H,77,90)(H,78,97)(H,79,96)(H,80,101)(H,81,102)(H,82,95)(H,83,98)(H,84,99)(H,85,100)(H,91,92)(H,93,94). The SMILES string of the molecule is CCC(C)CCCCCCCCCCCCC(=O)NC(CCC(=O)O)C(=O)NC(CCCN)C(=O)NC1Cc2ccc(cc2)OC(=O)C(C(C)CC)NC(=O)C(Cc2ccc(O)cc2)NC(=O)C(CCC(N)=O)NC(=O)C2CCCN2C(=O)C(CC)NC(=O)C(CCC(=O)O)NC(=O)C(C(C)O)NC1=O. The Balaban J connectivity index is 1.75. The number of primary amides is 1. The molecule has 0 radical (unpaired) electrons. The highest BCUT2D eigenvalue weighted by Crippen LogP contribution is 2.23. The summed E-state index contributed by atoms with van der Waals surface area (Å²) in [4.78, 5) is 195. The summed E-state index contributed by atoms with van der Waals surface area (Å²) in [7, 11) is 0. The maximum Gasteiger partial charge on any atom is 0.334 e. The molecule has 105 heavy (non-hydrogen) atoms. The number of carboxylic acids is 2. The van der Waals surface area contributed by atoms with E-state index in [9.17, 15) is 87.5 Å². The summed E-state index contributed by atoms with van der Waals surface area (Å²) in [6.45, 7) is 10.5. The number of nitrogens with two attached hydrogens (primary N) is 2. The number of fused-ring (bicyclic) bond motifs is 23. The van der Waals surface area contributed by atoms with Gasteiger partial charge >= 0.3 is 17.9 Å². The second kappa shape index (κ2) is 46.5. The second-order valence-corrected chi connectivity index (χ2v) is 27.7. The number of ether oxygens (including phenoxy) is 1. The molecule has 2 aromatic rings. The van der Waals surface area contributed by atoms with Crippen molar-refractivity contribution in [3.63, 3.8) is 0 Å². The summed E-state index contributed by atoms with van der Waals surface area (Å²) in [5.41, 5.74) is 12.1. The van der Waals surface area contributed by atoms with Crippen molar-refractivity contribution < 1.29 is 92.3 Å². The van der Waals surface area contributed by atoms with Crippen molar-refractivity contribution in [1.82, 2.24) is 52.8 Å². The minimum Gasteiger partial charge on any atom is -0.508 e. The number of hydrogen-bond donors (Lipinski definition) is 15. The van der Waals surface area contributed by atoms with Crippen molar-refractivity contribution in [2.75, 3.05) is 13.1 Å². The number of aliphatic hydroxyl groups excluding tert-OH is 1. The summed E-state index contributed by atoms with van der Waals surface area (Å²) in [6.07, 6.45) is 7.64. The molecule has 1 fully saturated rings. The van der Waals surface area contributed by atoms with E-state index in [0.29, 0.717) is 18.4 Å². The Morgan fingerprint density at radius 2 is 1.13 bits per heavy atom. The van der Waals surface area contributed by atoms with Crippen molar-refractivity contribution in [2.24, 2.45) is 23.3 Å². The molecule has 584 valence electrons. The van der Waals surface area contributed by atoms with Crippen LogP contribution in [0.1, 0.15) is 213 Å². The molecule has 31 heteroatoms. The lowest BCUT2D eigenvalue weighted by molar-refractivity contribution is -0.143. The number of amides is 11. The molecule has 2 aromatic carbocycles. The number of rotatable bonds is 37. The maximum absolute atomic E-state index is 14.8. The normalized spacial score (nSPS) is 21.8. The molecule has 3 heterocycles. The summed E-state index contributed by atoms with van der Waals surface area (Å²) in [5.74, 6) is -14.0. The molecule has 31 nitrogen and oxygen atoms in total. The first-order valence-corrected chi connectivity index (χ1v) is 37.2. The van der Waals surface area contributed by atoms with Gasteiger partial charge in [-0.25, -0.2) is 4.79 Å². The van der Waals surface area contributed by atoms with Gasteiger partial charge in [-0.15, -0.1) is 0 Å². The minimum absolute atomic E-state index is 0.00724. The van der Waals surface area contributed by atoms with E-state index in [1.54, 1.807) is 13.8 Å². The van der Waals surface area contributed by atoms with Gasteiger partial charge in [-0.1, -0.05) is 136 Å². The first-order chi connectivity index (χ1) is 50.0. The van der Waals surface area contributed by atoms with Crippen LogP contribution in [0.2, 0.25) is 0 Å². The lowest BCUT2D eigenvalue weighted by atomic mass is 9.97. The predicted octanol–water partition coefficient (Wildman–Crippen LogP) is 2.75. The fraction of sp³-hybridized carbons (Fsp3) is 0.649. The highest BCUT2D eigenvalue weighted by atomic mass is 16.5. The van der Waals surface area contributed by atoms with E-state index >= 15 is 0 Å². The van der Waals surface area contributed by atoms with E-state index in [0.717, 1.165) is 49.8 Å². The lowest BCUT2D eigenvalue weighted by Crippen LogP contribution is -2.62. The fourth-order valence-corrected chi connectivity index (χ4v) is 12.3. The monoisotopic (exact) mass is 1470 g/mol. The molecule has 2 bridgehead atoms. The van der Waals surface area contributed by atoms with Crippen LogP contribution in [0, 0.1) is 11.8 Å². The van der Waals surface area contributed by atoms with Crippen LogP contribution >= 0.6 is 0 Å². The van der Waals surface area contributed by atoms with Crippen molar-refractivity contribution in [1.29, 1.82) is 0 Å². The number of nitrogens with one attached hydrogen (secondary N) is 9. The van der Waals surface area contributed by atoms with Crippen LogP contribution in [0.3, 0.4) is 0 Å². The predicted molar refractivity (Wildman–Crippen MR) is 386 cm³/mol. The highest BCUT2D eigenvalue weighted by Gasteiger charge is 2.42. The Morgan fingerprint density at radius 3 is 1.70 bits per heavy atom. The summed E-state index contributed by atoms with van der Waals surface area (Å²) < 4.78 is 5.84. The molecule has 0 aliphatic carbocycles. The zero-order valence-electron chi connectivity index (χ0n) is 61.6. The van der Waals surface area contributed by atoms with Gasteiger partial charge in [0.05, 0.1) is 6.10 Å². The molecule has 3 aliphatic rings. The van der Waals surface area contributed by atoms with Gasteiger partial charge in [-0.05, 0) is 118 Å². The number of esters is 1. The topological polar surface area (TPSA) is 493 Å². The van der Waals surface area contributed by atoms with Crippen molar-refractivity contribution >= 4 is 82.9 Å². The molecule has 3 aliphatic heterocycles. The van der Waals surface area contributed by atoms with E-state index in [1.807, 2.05) is 0 Å². The zero-order chi connectivity index (χ0) is 77.7. The number of aromatic hydroxyl groups is 1. The summed E-state index contributed by atoms with van der Waals surface area (Å²) in [5, 5.41) is 63.8. The van der Waals surface area contributed by atoms with Gasteiger partial charge < -0.3 is 89.4 Å².